The van der Waals surface area contributed by atoms with Gasteiger partial charge < -0.3 is 0 Å². The molecule has 2 heterocycles. The molecule has 2 aliphatic heterocycles. The Bertz CT molecular complexity index is 1550. The number of hydrazone groups is 1. The first-order valence-electron chi connectivity index (χ1n) is 15.2. The number of para-hydroxylation sites is 1. The van der Waals surface area contributed by atoms with E-state index in [2.05, 4.69) is 123 Å². The Morgan fingerprint density at radius 3 is 2.02 bits per heavy atom. The van der Waals surface area contributed by atoms with Crippen molar-refractivity contribution < 1.29 is 4.39 Å². The molecule has 3 nitrogen and oxygen atoms in total. The fourth-order valence-corrected chi connectivity index (χ4v) is 6.24. The van der Waals surface area contributed by atoms with Gasteiger partial charge in [0.05, 0.1) is 17.4 Å². The first-order chi connectivity index (χ1) is 20.4. The summed E-state index contributed by atoms with van der Waals surface area (Å²) in [5.41, 5.74) is 9.78. The summed E-state index contributed by atoms with van der Waals surface area (Å²) in [6, 6.07) is 35.6. The number of halogens is 1. The lowest BCUT2D eigenvalue weighted by Gasteiger charge is -2.36. The van der Waals surface area contributed by atoms with E-state index in [0.29, 0.717) is 11.8 Å². The second-order valence-electron chi connectivity index (χ2n) is 12.3. The Morgan fingerprint density at radius 1 is 0.786 bits per heavy atom. The summed E-state index contributed by atoms with van der Waals surface area (Å²) in [5, 5.41) is 7.62. The molecule has 2 aliphatic rings. The van der Waals surface area contributed by atoms with Crippen LogP contribution in [0.4, 0.5) is 10.1 Å². The summed E-state index contributed by atoms with van der Waals surface area (Å²) in [7, 11) is 0. The predicted molar refractivity (Wildman–Crippen MR) is 173 cm³/mol. The van der Waals surface area contributed by atoms with Gasteiger partial charge in [-0.25, -0.2) is 4.39 Å². The van der Waals surface area contributed by atoms with E-state index in [-0.39, 0.29) is 17.8 Å². The van der Waals surface area contributed by atoms with Gasteiger partial charge in [0.15, 0.2) is 0 Å². The zero-order valence-corrected chi connectivity index (χ0v) is 25.0. The van der Waals surface area contributed by atoms with Crippen molar-refractivity contribution in [3.63, 3.8) is 0 Å². The highest BCUT2D eigenvalue weighted by atomic mass is 19.1. The van der Waals surface area contributed by atoms with Crippen LogP contribution in [0.5, 0.6) is 0 Å². The summed E-state index contributed by atoms with van der Waals surface area (Å²) < 4.78 is 13.7. The van der Waals surface area contributed by atoms with Gasteiger partial charge in [-0.05, 0) is 75.6 Å². The van der Waals surface area contributed by atoms with E-state index in [4.69, 9.17) is 5.10 Å². The van der Waals surface area contributed by atoms with E-state index in [0.717, 1.165) is 30.9 Å². The number of nitrogens with zero attached hydrogens (tertiary/aromatic N) is 3. The normalized spacial score (nSPS) is 19.9. The molecule has 0 N–H and O–H groups in total. The van der Waals surface area contributed by atoms with Crippen LogP contribution in [-0.4, -0.2) is 23.7 Å². The first kappa shape index (κ1) is 28.1. The van der Waals surface area contributed by atoms with E-state index in [1.165, 1.54) is 33.5 Å². The quantitative estimate of drug-likeness (QED) is 0.226. The third-order valence-electron chi connectivity index (χ3n) is 8.62. The summed E-state index contributed by atoms with van der Waals surface area (Å²) >= 11 is 0. The van der Waals surface area contributed by atoms with Crippen molar-refractivity contribution in [2.45, 2.75) is 52.1 Å². The van der Waals surface area contributed by atoms with Crippen LogP contribution in [-0.2, 0) is 6.54 Å². The maximum Gasteiger partial charge on any atom is 0.123 e. The minimum atomic E-state index is -0.198. The Balaban J connectivity index is 1.42. The highest BCUT2D eigenvalue weighted by molar-refractivity contribution is 6.09. The van der Waals surface area contributed by atoms with Crippen molar-refractivity contribution in [2.24, 2.45) is 11.0 Å². The van der Waals surface area contributed by atoms with Crippen molar-refractivity contribution >= 4 is 17.5 Å². The van der Waals surface area contributed by atoms with Crippen LogP contribution in [0.1, 0.15) is 73.4 Å². The lowest BCUT2D eigenvalue weighted by Crippen LogP contribution is -2.43. The van der Waals surface area contributed by atoms with E-state index < -0.39 is 0 Å². The van der Waals surface area contributed by atoms with Gasteiger partial charge in [0.2, 0.25) is 0 Å². The summed E-state index contributed by atoms with van der Waals surface area (Å²) in [4.78, 5) is 2.50. The number of anilines is 1. The molecule has 0 bridgehead atoms. The number of hydrogen-bond donors (Lipinski definition) is 0. The Kier molecular flexibility index (Phi) is 8.08. The summed E-state index contributed by atoms with van der Waals surface area (Å²) in [6.07, 6.45) is 2.32. The molecule has 0 aromatic heterocycles. The molecule has 0 radical (unpaired) electrons. The van der Waals surface area contributed by atoms with Gasteiger partial charge in [-0.2, -0.15) is 5.10 Å². The molecule has 1 saturated heterocycles. The van der Waals surface area contributed by atoms with Crippen LogP contribution < -0.4 is 5.01 Å². The fraction of sp³-hybridized carbons (Fsp3) is 0.289. The second-order valence-corrected chi connectivity index (χ2v) is 12.3. The van der Waals surface area contributed by atoms with Crippen molar-refractivity contribution in [3.8, 4) is 0 Å². The van der Waals surface area contributed by atoms with E-state index >= 15 is 0 Å². The summed E-state index contributed by atoms with van der Waals surface area (Å²) in [5.74, 6) is 0.970. The van der Waals surface area contributed by atoms with Crippen molar-refractivity contribution in [1.82, 2.24) is 4.90 Å². The van der Waals surface area contributed by atoms with Crippen LogP contribution in [0.3, 0.4) is 0 Å². The molecular formula is C38H40FN3. The molecule has 214 valence electrons. The molecule has 2 unspecified atom stereocenters. The van der Waals surface area contributed by atoms with Crippen molar-refractivity contribution in [1.29, 1.82) is 0 Å². The summed E-state index contributed by atoms with van der Waals surface area (Å²) in [6.45, 7) is 11.4. The molecule has 0 aliphatic carbocycles. The van der Waals surface area contributed by atoms with Gasteiger partial charge in [0.1, 0.15) is 5.82 Å². The lowest BCUT2D eigenvalue weighted by atomic mass is 9.82. The zero-order chi connectivity index (χ0) is 29.2. The molecule has 4 aromatic carbocycles. The van der Waals surface area contributed by atoms with Crippen LogP contribution in [0.25, 0.3) is 6.08 Å². The topological polar surface area (TPSA) is 18.8 Å². The molecule has 42 heavy (non-hydrogen) atoms. The number of hydrogen-bond acceptors (Lipinski definition) is 3. The second kappa shape index (κ2) is 12.1. The minimum Gasteiger partial charge on any atom is -0.294 e. The smallest absolute Gasteiger partial charge is 0.123 e. The lowest BCUT2D eigenvalue weighted by molar-refractivity contribution is 0.245. The van der Waals surface area contributed by atoms with Gasteiger partial charge in [-0.3, -0.25) is 9.91 Å². The van der Waals surface area contributed by atoms with Crippen LogP contribution >= 0.6 is 0 Å². The van der Waals surface area contributed by atoms with Crippen molar-refractivity contribution in [2.75, 3.05) is 18.1 Å². The van der Waals surface area contributed by atoms with Crippen LogP contribution in [0, 0.1) is 11.7 Å². The maximum absolute atomic E-state index is 13.7. The Hall–Kier alpha value is -4.02. The molecule has 0 spiro atoms. The SMILES string of the molecule is CC(C)c1ccc(C=C2CN(Cc3ccc(F)cc3)CC3C2=NN(c2ccccc2)C3c2ccc(C(C)C)cc2)cc1. The molecule has 4 heteroatoms. The fourth-order valence-electron chi connectivity index (χ4n) is 6.24. The predicted octanol–water partition coefficient (Wildman–Crippen LogP) is 9.21. The van der Waals surface area contributed by atoms with Crippen LogP contribution in [0.2, 0.25) is 0 Å². The van der Waals surface area contributed by atoms with E-state index in [9.17, 15) is 4.39 Å². The highest BCUT2D eigenvalue weighted by Crippen LogP contribution is 2.43. The third-order valence-corrected chi connectivity index (χ3v) is 8.62. The average Bonchev–Trinajstić information content (AvgIpc) is 3.39. The highest BCUT2D eigenvalue weighted by Gasteiger charge is 2.44. The van der Waals surface area contributed by atoms with Crippen molar-refractivity contribution in [3.05, 3.63) is 142 Å². The molecular weight excluding hydrogens is 517 g/mol. The zero-order valence-electron chi connectivity index (χ0n) is 25.0. The van der Waals surface area contributed by atoms with E-state index in [1.54, 1.807) is 12.1 Å². The number of rotatable bonds is 7. The Morgan fingerprint density at radius 2 is 1.40 bits per heavy atom. The van der Waals surface area contributed by atoms with Gasteiger partial charge in [0.25, 0.3) is 0 Å². The van der Waals surface area contributed by atoms with E-state index in [1.807, 2.05) is 12.1 Å². The van der Waals surface area contributed by atoms with Gasteiger partial charge >= 0.3 is 0 Å². The molecule has 0 saturated carbocycles. The largest absolute Gasteiger partial charge is 0.294 e. The number of piperidine rings is 1. The first-order valence-corrected chi connectivity index (χ1v) is 15.2. The molecule has 4 aromatic rings. The molecule has 2 atom stereocenters. The third kappa shape index (κ3) is 5.96. The van der Waals surface area contributed by atoms with Crippen LogP contribution in [0.15, 0.2) is 114 Å². The molecule has 0 amide bonds. The van der Waals surface area contributed by atoms with Gasteiger partial charge in [-0.1, -0.05) is 107 Å². The Labute approximate surface area is 250 Å². The number of benzene rings is 4. The number of fused-ring (bicyclic) bond motifs is 1. The maximum atomic E-state index is 13.7. The van der Waals surface area contributed by atoms with Gasteiger partial charge in [-0.15, -0.1) is 0 Å². The molecule has 6 rings (SSSR count). The standard InChI is InChI=1S/C38H40FN3/c1-26(2)30-14-10-28(11-15-30)22-33-24-41(23-29-12-20-34(39)21-13-29)25-36-37(33)40-42(35-8-6-5-7-9-35)38(36)32-18-16-31(17-19-32)27(3)4/h5-22,26-27,36,38H,23-25H2,1-4H3. The van der Waals surface area contributed by atoms with Gasteiger partial charge in [0, 0.05) is 25.6 Å². The molecule has 1 fully saturated rings. The minimum absolute atomic E-state index is 0.0753. The number of likely N-dealkylation sites (tertiary alicyclic amines) is 1. The average molecular weight is 558 g/mol. The monoisotopic (exact) mass is 557 g/mol.